The van der Waals surface area contributed by atoms with Gasteiger partial charge in [0.15, 0.2) is 0 Å². The van der Waals surface area contributed by atoms with Gasteiger partial charge in [0.2, 0.25) is 10.0 Å². The van der Waals surface area contributed by atoms with E-state index in [1.165, 1.54) is 10.6 Å². The van der Waals surface area contributed by atoms with Gasteiger partial charge in [-0.25, -0.2) is 12.7 Å². The second-order valence-corrected chi connectivity index (χ2v) is 5.71. The summed E-state index contributed by atoms with van der Waals surface area (Å²) in [5, 5.41) is 8.39. The molecule has 6 heteroatoms. The molecule has 0 atom stereocenters. The van der Waals surface area contributed by atoms with E-state index in [2.05, 4.69) is 0 Å². The maximum Gasteiger partial charge on any atom is 0.303 e. The molecule has 0 unspecified atom stereocenters. The number of hydrogen-bond donors (Lipinski definition) is 1. The van der Waals surface area contributed by atoms with Crippen LogP contribution in [-0.4, -0.2) is 43.1 Å². The van der Waals surface area contributed by atoms with Crippen LogP contribution in [0.25, 0.3) is 0 Å². The molecule has 0 aromatic rings. The van der Waals surface area contributed by atoms with Crippen molar-refractivity contribution in [3.8, 4) is 0 Å². The highest BCUT2D eigenvalue weighted by Gasteiger charge is 2.32. The minimum atomic E-state index is -3.02. The van der Waals surface area contributed by atoms with Crippen LogP contribution < -0.4 is 0 Å². The molecule has 1 N–H and O–H groups in total. The van der Waals surface area contributed by atoms with Gasteiger partial charge in [-0.1, -0.05) is 0 Å². The van der Waals surface area contributed by atoms with Crippen LogP contribution in [0.4, 0.5) is 0 Å². The molecule has 0 amide bonds. The third kappa shape index (κ3) is 3.26. The molecule has 1 aliphatic heterocycles. The van der Waals surface area contributed by atoms with Gasteiger partial charge in [0.1, 0.15) is 0 Å². The molecular formula is C8H15NO4S. The molecule has 1 heterocycles. The van der Waals surface area contributed by atoms with Gasteiger partial charge in [-0.05, 0) is 18.8 Å². The predicted molar refractivity (Wildman–Crippen MR) is 51.4 cm³/mol. The number of hydrogen-bond acceptors (Lipinski definition) is 3. The molecule has 0 radical (unpaired) electrons. The highest BCUT2D eigenvalue weighted by atomic mass is 32.2. The summed E-state index contributed by atoms with van der Waals surface area (Å²) in [7, 11) is -3.02. The van der Waals surface area contributed by atoms with E-state index < -0.39 is 16.0 Å². The van der Waals surface area contributed by atoms with Gasteiger partial charge in [-0.3, -0.25) is 4.79 Å². The molecule has 0 aromatic carbocycles. The van der Waals surface area contributed by atoms with Crippen molar-refractivity contribution < 1.29 is 18.3 Å². The lowest BCUT2D eigenvalue weighted by Crippen LogP contribution is -2.49. The van der Waals surface area contributed by atoms with Crippen LogP contribution in [0.3, 0.4) is 0 Å². The molecule has 1 saturated heterocycles. The van der Waals surface area contributed by atoms with E-state index in [1.54, 1.807) is 0 Å². The summed E-state index contributed by atoms with van der Waals surface area (Å²) in [6, 6.07) is 0. The van der Waals surface area contributed by atoms with Gasteiger partial charge in [-0.15, -0.1) is 0 Å². The van der Waals surface area contributed by atoms with E-state index in [0.29, 0.717) is 25.4 Å². The summed E-state index contributed by atoms with van der Waals surface area (Å²) < 4.78 is 23.4. The number of carboxylic acids is 1. The normalized spacial score (nSPS) is 19.2. The molecular weight excluding hydrogens is 206 g/mol. The molecule has 0 aliphatic carbocycles. The van der Waals surface area contributed by atoms with Crippen molar-refractivity contribution >= 4 is 16.0 Å². The number of carboxylic acid groups (broad SMARTS) is 1. The molecule has 0 spiro atoms. The van der Waals surface area contributed by atoms with Crippen molar-refractivity contribution in [3.63, 3.8) is 0 Å². The standard InChI is InChI=1S/C8H15NO4S/c1-14(12,13)9-5-7(6-9)3-2-4-8(10)11/h7H,2-6H2,1H3,(H,10,11). The zero-order valence-corrected chi connectivity index (χ0v) is 8.96. The first kappa shape index (κ1) is 11.5. The third-order valence-corrected chi connectivity index (χ3v) is 3.63. The summed E-state index contributed by atoms with van der Waals surface area (Å²) in [5.41, 5.74) is 0. The smallest absolute Gasteiger partial charge is 0.303 e. The van der Waals surface area contributed by atoms with E-state index in [-0.39, 0.29) is 6.42 Å². The fraction of sp³-hybridized carbons (Fsp3) is 0.875. The third-order valence-electron chi connectivity index (χ3n) is 2.40. The van der Waals surface area contributed by atoms with Gasteiger partial charge >= 0.3 is 5.97 Å². The van der Waals surface area contributed by atoms with Crippen LogP contribution in [0.15, 0.2) is 0 Å². The Morgan fingerprint density at radius 1 is 1.50 bits per heavy atom. The van der Waals surface area contributed by atoms with Crippen molar-refractivity contribution in [1.82, 2.24) is 4.31 Å². The predicted octanol–water partition coefficient (Wildman–Crippen LogP) is 0.133. The summed E-state index contributed by atoms with van der Waals surface area (Å²) in [5.74, 6) is -0.437. The van der Waals surface area contributed by atoms with Crippen molar-refractivity contribution in [2.45, 2.75) is 19.3 Å². The fourth-order valence-electron chi connectivity index (χ4n) is 1.52. The van der Waals surface area contributed by atoms with Gasteiger partial charge in [0.05, 0.1) is 6.26 Å². The topological polar surface area (TPSA) is 74.7 Å². The average Bonchev–Trinajstić information content (AvgIpc) is 1.90. The number of rotatable bonds is 5. The van der Waals surface area contributed by atoms with Crippen LogP contribution in [0.5, 0.6) is 0 Å². The Bertz CT molecular complexity index is 305. The highest BCUT2D eigenvalue weighted by Crippen LogP contribution is 2.23. The average molecular weight is 221 g/mol. The molecule has 14 heavy (non-hydrogen) atoms. The zero-order chi connectivity index (χ0) is 10.8. The number of sulfonamides is 1. The molecule has 82 valence electrons. The summed E-state index contributed by atoms with van der Waals surface area (Å²) >= 11 is 0. The van der Waals surface area contributed by atoms with E-state index in [1.807, 2.05) is 0 Å². The Morgan fingerprint density at radius 2 is 2.07 bits per heavy atom. The van der Waals surface area contributed by atoms with Gasteiger partial charge in [0.25, 0.3) is 0 Å². The first-order valence-electron chi connectivity index (χ1n) is 4.56. The minimum Gasteiger partial charge on any atom is -0.481 e. The summed E-state index contributed by atoms with van der Waals surface area (Å²) in [6.45, 7) is 1.11. The van der Waals surface area contributed by atoms with E-state index >= 15 is 0 Å². The first-order chi connectivity index (χ1) is 6.39. The molecule has 1 fully saturated rings. The highest BCUT2D eigenvalue weighted by molar-refractivity contribution is 7.88. The molecule has 0 aromatic heterocycles. The molecule has 5 nitrogen and oxygen atoms in total. The number of carbonyl (C=O) groups is 1. The van der Waals surface area contributed by atoms with Crippen LogP contribution in [0.1, 0.15) is 19.3 Å². The molecule has 1 aliphatic rings. The van der Waals surface area contributed by atoms with Crippen molar-refractivity contribution in [2.24, 2.45) is 5.92 Å². The summed E-state index contributed by atoms with van der Waals surface area (Å²) in [6.07, 6.45) is 2.81. The lowest BCUT2D eigenvalue weighted by Gasteiger charge is -2.37. The van der Waals surface area contributed by atoms with Crippen molar-refractivity contribution in [3.05, 3.63) is 0 Å². The van der Waals surface area contributed by atoms with E-state index in [4.69, 9.17) is 5.11 Å². The SMILES string of the molecule is CS(=O)(=O)N1CC(CCCC(=O)O)C1. The van der Waals surface area contributed by atoms with Gasteiger partial charge < -0.3 is 5.11 Å². The number of aliphatic carboxylic acids is 1. The second kappa shape index (κ2) is 4.27. The number of nitrogens with zero attached hydrogens (tertiary/aromatic N) is 1. The zero-order valence-electron chi connectivity index (χ0n) is 8.14. The monoisotopic (exact) mass is 221 g/mol. The van der Waals surface area contributed by atoms with Gasteiger partial charge in [0, 0.05) is 19.5 Å². The van der Waals surface area contributed by atoms with Crippen LogP contribution >= 0.6 is 0 Å². The summed E-state index contributed by atoms with van der Waals surface area (Å²) in [4.78, 5) is 10.2. The molecule has 1 rings (SSSR count). The largest absolute Gasteiger partial charge is 0.481 e. The van der Waals surface area contributed by atoms with Crippen molar-refractivity contribution in [1.29, 1.82) is 0 Å². The molecule has 0 bridgehead atoms. The second-order valence-electron chi connectivity index (χ2n) is 3.73. The lowest BCUT2D eigenvalue weighted by molar-refractivity contribution is -0.137. The fourth-order valence-corrected chi connectivity index (χ4v) is 2.48. The lowest BCUT2D eigenvalue weighted by atomic mass is 9.96. The maximum absolute atomic E-state index is 11.0. The van der Waals surface area contributed by atoms with Crippen molar-refractivity contribution in [2.75, 3.05) is 19.3 Å². The van der Waals surface area contributed by atoms with Gasteiger partial charge in [-0.2, -0.15) is 0 Å². The van der Waals surface area contributed by atoms with E-state index in [0.717, 1.165) is 6.42 Å². The Hall–Kier alpha value is -0.620. The van der Waals surface area contributed by atoms with Crippen LogP contribution in [-0.2, 0) is 14.8 Å². The first-order valence-corrected chi connectivity index (χ1v) is 6.41. The Kier molecular flexibility index (Phi) is 3.49. The Balaban J connectivity index is 2.14. The molecule has 0 saturated carbocycles. The Labute approximate surface area is 83.8 Å². The van der Waals surface area contributed by atoms with Crippen LogP contribution in [0, 0.1) is 5.92 Å². The van der Waals surface area contributed by atoms with Crippen LogP contribution in [0.2, 0.25) is 0 Å². The quantitative estimate of drug-likeness (QED) is 0.716. The minimum absolute atomic E-state index is 0.176. The van der Waals surface area contributed by atoms with E-state index in [9.17, 15) is 13.2 Å². The Morgan fingerprint density at radius 3 is 2.50 bits per heavy atom. The maximum atomic E-state index is 11.0.